The van der Waals surface area contributed by atoms with Gasteiger partial charge in [0.05, 0.1) is 0 Å². The van der Waals surface area contributed by atoms with E-state index in [2.05, 4.69) is 41.5 Å². The molecule has 6 aromatic rings. The SMILES string of the molecule is CC.CC.CC.CCC.CCC.CCC.CP1(=O)c2cccc3c2-c2c1cccc2P3(C)=O.CP1(=O)c2cccc3c2-c2c1cccc2P3(C)=O.CP1(=O)c2cccc3c2-c2c1cccc2P3(C)=O. The van der Waals surface area contributed by atoms with E-state index in [1.807, 2.05) is 191 Å². The van der Waals surface area contributed by atoms with Crippen LogP contribution in [0.5, 0.6) is 0 Å². The highest BCUT2D eigenvalue weighted by Gasteiger charge is 2.49. The fourth-order valence-corrected chi connectivity index (χ4v) is 24.2. The third kappa shape index (κ3) is 9.38. The van der Waals surface area contributed by atoms with E-state index < -0.39 is 42.9 Å². The van der Waals surface area contributed by atoms with Gasteiger partial charge < -0.3 is 27.4 Å². The van der Waals surface area contributed by atoms with Crippen molar-refractivity contribution in [1.29, 1.82) is 0 Å². The van der Waals surface area contributed by atoms with Crippen molar-refractivity contribution in [2.24, 2.45) is 0 Å². The molecule has 0 saturated carbocycles. The van der Waals surface area contributed by atoms with Crippen LogP contribution in [0.3, 0.4) is 0 Å². The van der Waals surface area contributed by atoms with Crippen LogP contribution in [0.4, 0.5) is 0 Å². The minimum absolute atomic E-state index is 0.891. The molecule has 6 nitrogen and oxygen atoms in total. The largest absolute Gasteiger partial charge is 0.314 e. The molecule has 6 aliphatic heterocycles. The molecule has 6 aromatic carbocycles. The predicted molar refractivity (Wildman–Crippen MR) is 314 cm³/mol. The zero-order valence-electron chi connectivity index (χ0n) is 44.6. The third-order valence-electron chi connectivity index (χ3n) is 12.4. The lowest BCUT2D eigenvalue weighted by atomic mass is 10.1. The summed E-state index contributed by atoms with van der Waals surface area (Å²) in [6.45, 7) is 35.6. The summed E-state index contributed by atoms with van der Waals surface area (Å²) in [4.78, 5) is 0. The molecule has 69 heavy (non-hydrogen) atoms. The summed E-state index contributed by atoms with van der Waals surface area (Å²) in [5.74, 6) is 0. The standard InChI is InChI=1S/3C14H12O2P2.3C3H8.3C2H6/c3*1-17(15)9-5-3-7-11-13(9)14-10(17)6-4-8-12(14)18(11,2)16;3*1-3-2;3*1-2/h3*3-8H,1-2H3;3*3H2,1-2H3;3*1-2H3. The molecule has 6 aliphatic rings. The van der Waals surface area contributed by atoms with Crippen LogP contribution in [0.2, 0.25) is 0 Å². The maximum absolute atomic E-state index is 13.0. The summed E-state index contributed by atoms with van der Waals surface area (Å²) in [5.41, 5.74) is 6.00. The van der Waals surface area contributed by atoms with Gasteiger partial charge in [-0.15, -0.1) is 0 Å². The topological polar surface area (TPSA) is 102 Å². The molecular formula is C57H78O6P6. The normalized spacial score (nSPS) is 16.6. The smallest absolute Gasteiger partial charge is 0.141 e. The van der Waals surface area contributed by atoms with E-state index >= 15 is 0 Å². The van der Waals surface area contributed by atoms with Crippen molar-refractivity contribution in [3.8, 4) is 33.4 Å². The minimum Gasteiger partial charge on any atom is -0.314 e. The molecule has 0 amide bonds. The molecule has 372 valence electrons. The van der Waals surface area contributed by atoms with Gasteiger partial charge in [-0.25, -0.2) is 0 Å². The Morgan fingerprint density at radius 3 is 0.377 bits per heavy atom. The van der Waals surface area contributed by atoms with E-state index in [0.29, 0.717) is 0 Å². The van der Waals surface area contributed by atoms with Crippen molar-refractivity contribution in [3.63, 3.8) is 0 Å². The molecule has 0 bridgehead atoms. The molecular weight excluding hydrogens is 966 g/mol. The van der Waals surface area contributed by atoms with Gasteiger partial charge in [0.15, 0.2) is 0 Å². The van der Waals surface area contributed by atoms with Crippen molar-refractivity contribution >= 4 is 107 Å². The van der Waals surface area contributed by atoms with Gasteiger partial charge in [0.25, 0.3) is 0 Å². The Balaban J connectivity index is 0.000000197. The van der Waals surface area contributed by atoms with Crippen LogP contribution in [0.15, 0.2) is 109 Å². The van der Waals surface area contributed by atoms with Crippen LogP contribution in [0, 0.1) is 0 Å². The molecule has 0 unspecified atom stereocenters. The molecule has 0 atom stereocenters. The summed E-state index contributed by atoms with van der Waals surface area (Å²) in [7, 11) is -14.9. The Labute approximate surface area is 416 Å². The van der Waals surface area contributed by atoms with Crippen molar-refractivity contribution in [1.82, 2.24) is 0 Å². The van der Waals surface area contributed by atoms with Gasteiger partial charge in [0.1, 0.15) is 42.9 Å². The Morgan fingerprint density at radius 2 is 0.304 bits per heavy atom. The van der Waals surface area contributed by atoms with Gasteiger partial charge in [-0.05, 0) is 40.0 Å². The van der Waals surface area contributed by atoms with Crippen LogP contribution in [0.1, 0.15) is 102 Å². The summed E-state index contributed by atoms with van der Waals surface area (Å²) < 4.78 is 77.8. The van der Waals surface area contributed by atoms with Gasteiger partial charge in [0, 0.05) is 97.0 Å². The van der Waals surface area contributed by atoms with Crippen LogP contribution < -0.4 is 63.7 Å². The number of hydrogen-bond donors (Lipinski definition) is 0. The van der Waals surface area contributed by atoms with E-state index in [0.717, 1.165) is 97.0 Å². The van der Waals surface area contributed by atoms with Crippen LogP contribution in [0.25, 0.3) is 33.4 Å². The van der Waals surface area contributed by atoms with Crippen molar-refractivity contribution in [2.75, 3.05) is 40.0 Å². The van der Waals surface area contributed by atoms with Crippen LogP contribution in [-0.4, -0.2) is 40.0 Å². The average Bonchev–Trinajstić information content (AvgIpc) is 4.05. The molecule has 0 N–H and O–H groups in total. The van der Waals surface area contributed by atoms with E-state index in [9.17, 15) is 27.4 Å². The Bertz CT molecular complexity index is 2480. The highest BCUT2D eigenvalue weighted by Crippen LogP contribution is 2.61. The Hall–Kier alpha value is -3.30. The monoisotopic (exact) mass is 1040 g/mol. The van der Waals surface area contributed by atoms with E-state index in [-0.39, 0.29) is 0 Å². The maximum Gasteiger partial charge on any atom is 0.141 e. The lowest BCUT2D eigenvalue weighted by molar-refractivity contribution is 0.589. The first-order valence-electron chi connectivity index (χ1n) is 24.9. The average molecular weight is 1050 g/mol. The summed E-state index contributed by atoms with van der Waals surface area (Å²) in [6.07, 6.45) is 3.75. The van der Waals surface area contributed by atoms with Crippen molar-refractivity contribution in [3.05, 3.63) is 109 Å². The molecule has 0 spiro atoms. The second-order valence-corrected chi connectivity index (χ2v) is 34.6. The first kappa shape index (κ1) is 58.3. The van der Waals surface area contributed by atoms with E-state index in [4.69, 9.17) is 0 Å². The van der Waals surface area contributed by atoms with Crippen LogP contribution >= 0.6 is 42.9 Å². The second kappa shape index (κ2) is 22.6. The molecule has 0 radical (unpaired) electrons. The Morgan fingerprint density at radius 1 is 0.232 bits per heavy atom. The lowest BCUT2D eigenvalue weighted by Gasteiger charge is -2.15. The number of benzene rings is 6. The zero-order valence-corrected chi connectivity index (χ0v) is 50.0. The molecule has 12 heteroatoms. The third-order valence-corrected chi connectivity index (χ3v) is 27.9. The molecule has 12 rings (SSSR count). The molecule has 0 saturated heterocycles. The highest BCUT2D eigenvalue weighted by molar-refractivity contribution is 7.84. The van der Waals surface area contributed by atoms with Gasteiger partial charge >= 0.3 is 0 Å². The lowest BCUT2D eigenvalue weighted by Crippen LogP contribution is -2.18. The zero-order chi connectivity index (χ0) is 52.2. The first-order valence-corrected chi connectivity index (χ1v) is 37.8. The summed E-state index contributed by atoms with van der Waals surface area (Å²) in [6, 6.07) is 34.4. The fraction of sp³-hybridized carbons (Fsp3) is 0.368. The minimum atomic E-state index is -2.49. The summed E-state index contributed by atoms with van der Waals surface area (Å²) in [5, 5.41) is 10.7. The quantitative estimate of drug-likeness (QED) is 0.140. The second-order valence-electron chi connectivity index (χ2n) is 17.7. The predicted octanol–water partition coefficient (Wildman–Crippen LogP) is 12.9. The van der Waals surface area contributed by atoms with E-state index in [1.165, 1.54) is 19.3 Å². The van der Waals surface area contributed by atoms with Gasteiger partial charge in [0.2, 0.25) is 0 Å². The molecule has 0 fully saturated rings. The van der Waals surface area contributed by atoms with E-state index in [1.54, 1.807) is 0 Å². The molecule has 0 aromatic heterocycles. The first-order chi connectivity index (χ1) is 32.6. The molecule has 6 heterocycles. The summed E-state index contributed by atoms with van der Waals surface area (Å²) >= 11 is 0. The number of hydrogen-bond acceptors (Lipinski definition) is 6. The van der Waals surface area contributed by atoms with Crippen molar-refractivity contribution in [2.45, 2.75) is 102 Å². The van der Waals surface area contributed by atoms with Crippen LogP contribution in [-0.2, 0) is 27.4 Å². The maximum atomic E-state index is 13.0. The van der Waals surface area contributed by atoms with Gasteiger partial charge in [-0.3, -0.25) is 0 Å². The van der Waals surface area contributed by atoms with Crippen molar-refractivity contribution < 1.29 is 27.4 Å². The fourth-order valence-electron chi connectivity index (χ4n) is 9.75. The highest BCUT2D eigenvalue weighted by atomic mass is 31.2. The Kier molecular flexibility index (Phi) is 19.1. The molecule has 0 aliphatic carbocycles. The van der Waals surface area contributed by atoms with Gasteiger partial charge in [-0.2, -0.15) is 0 Å². The number of rotatable bonds is 0. The van der Waals surface area contributed by atoms with Gasteiger partial charge in [-0.1, -0.05) is 212 Å².